The molecule has 1 aromatic rings. The summed E-state index contributed by atoms with van der Waals surface area (Å²) in [4.78, 5) is 14.1. The van der Waals surface area contributed by atoms with Gasteiger partial charge in [-0.2, -0.15) is 5.10 Å². The Morgan fingerprint density at radius 3 is 2.92 bits per heavy atom. The van der Waals surface area contributed by atoms with Gasteiger partial charge in [0.25, 0.3) is 0 Å². The predicted molar refractivity (Wildman–Crippen MR) is 38.3 cm³/mol. The number of carbonyl (C=O) groups is 1. The van der Waals surface area contributed by atoms with Gasteiger partial charge in [-0.3, -0.25) is 5.10 Å². The van der Waals surface area contributed by atoms with Crippen molar-refractivity contribution in [3.05, 3.63) is 12.2 Å². The molecule has 12 heavy (non-hydrogen) atoms. The van der Waals surface area contributed by atoms with Crippen molar-refractivity contribution in [2.75, 3.05) is 0 Å². The number of nitrogens with one attached hydrogen (secondary N) is 1. The van der Waals surface area contributed by atoms with Crippen molar-refractivity contribution in [2.24, 2.45) is 0 Å². The maximum Gasteiger partial charge on any atom is 0.335 e. The van der Waals surface area contributed by atoms with Gasteiger partial charge in [0.05, 0.1) is 0 Å². The number of aliphatic carboxylic acids is 1. The topological polar surface area (TPSA) is 99.1 Å². The van der Waals surface area contributed by atoms with E-state index < -0.39 is 11.6 Å². The maximum absolute atomic E-state index is 10.4. The molecule has 6 heteroatoms. The van der Waals surface area contributed by atoms with Gasteiger partial charge in [0.2, 0.25) is 0 Å². The van der Waals surface area contributed by atoms with Crippen LogP contribution >= 0.6 is 0 Å². The van der Waals surface area contributed by atoms with Crippen LogP contribution in [-0.4, -0.2) is 37.0 Å². The third-order valence-corrected chi connectivity index (χ3v) is 1.44. The maximum atomic E-state index is 10.4. The SMILES string of the molecule is CC(O)(Cc1ncn[nH]1)C(=O)O. The van der Waals surface area contributed by atoms with Gasteiger partial charge in [-0.1, -0.05) is 0 Å². The lowest BCUT2D eigenvalue weighted by Gasteiger charge is -2.15. The van der Waals surface area contributed by atoms with Crippen LogP contribution in [0.1, 0.15) is 12.7 Å². The minimum atomic E-state index is -1.79. The van der Waals surface area contributed by atoms with E-state index in [9.17, 15) is 9.90 Å². The number of carboxylic acid groups (broad SMARTS) is 1. The third-order valence-electron chi connectivity index (χ3n) is 1.44. The number of aromatic nitrogens is 3. The molecule has 66 valence electrons. The number of rotatable bonds is 3. The van der Waals surface area contributed by atoms with Crippen molar-refractivity contribution in [1.82, 2.24) is 15.2 Å². The number of hydrogen-bond donors (Lipinski definition) is 3. The first-order valence-electron chi connectivity index (χ1n) is 3.32. The molecule has 1 atom stereocenters. The van der Waals surface area contributed by atoms with Crippen LogP contribution in [0, 0.1) is 0 Å². The van der Waals surface area contributed by atoms with E-state index >= 15 is 0 Å². The summed E-state index contributed by atoms with van der Waals surface area (Å²) in [6, 6.07) is 0. The zero-order valence-electron chi connectivity index (χ0n) is 6.48. The van der Waals surface area contributed by atoms with E-state index in [1.54, 1.807) is 0 Å². The van der Waals surface area contributed by atoms with Crippen molar-refractivity contribution in [1.29, 1.82) is 0 Å². The molecule has 0 aromatic carbocycles. The van der Waals surface area contributed by atoms with E-state index in [0.29, 0.717) is 5.82 Å². The lowest BCUT2D eigenvalue weighted by molar-refractivity contribution is -0.156. The zero-order valence-corrected chi connectivity index (χ0v) is 6.48. The molecule has 0 saturated carbocycles. The average Bonchev–Trinajstić information content (AvgIpc) is 2.38. The molecule has 0 bridgehead atoms. The lowest BCUT2D eigenvalue weighted by atomic mass is 10.0. The van der Waals surface area contributed by atoms with Crippen molar-refractivity contribution in [3.8, 4) is 0 Å². The van der Waals surface area contributed by atoms with E-state index in [2.05, 4.69) is 15.2 Å². The fourth-order valence-electron chi connectivity index (χ4n) is 0.718. The Kier molecular flexibility index (Phi) is 2.09. The highest BCUT2D eigenvalue weighted by molar-refractivity contribution is 5.76. The summed E-state index contributed by atoms with van der Waals surface area (Å²) in [6.45, 7) is 1.21. The summed E-state index contributed by atoms with van der Waals surface area (Å²) in [5.41, 5.74) is -1.79. The molecule has 6 nitrogen and oxygen atoms in total. The average molecular weight is 171 g/mol. The van der Waals surface area contributed by atoms with Gasteiger partial charge in [-0.25, -0.2) is 9.78 Å². The first-order valence-corrected chi connectivity index (χ1v) is 3.32. The minimum absolute atomic E-state index is 0.0810. The second kappa shape index (κ2) is 2.90. The Bertz CT molecular complexity index is 268. The fourth-order valence-corrected chi connectivity index (χ4v) is 0.718. The van der Waals surface area contributed by atoms with Crippen LogP contribution in [0.25, 0.3) is 0 Å². The molecular formula is C6H9N3O3. The number of hydrogen-bond acceptors (Lipinski definition) is 4. The van der Waals surface area contributed by atoms with Gasteiger partial charge in [0.1, 0.15) is 12.2 Å². The minimum Gasteiger partial charge on any atom is -0.479 e. The quantitative estimate of drug-likeness (QED) is 0.552. The van der Waals surface area contributed by atoms with Crippen LogP contribution in [0.5, 0.6) is 0 Å². The van der Waals surface area contributed by atoms with Crippen LogP contribution in [0.4, 0.5) is 0 Å². The highest BCUT2D eigenvalue weighted by Gasteiger charge is 2.31. The fraction of sp³-hybridized carbons (Fsp3) is 0.500. The summed E-state index contributed by atoms with van der Waals surface area (Å²) in [7, 11) is 0. The Morgan fingerprint density at radius 2 is 2.50 bits per heavy atom. The summed E-state index contributed by atoms with van der Waals surface area (Å²) in [5.74, 6) is -0.929. The molecule has 0 aliphatic carbocycles. The smallest absolute Gasteiger partial charge is 0.335 e. The highest BCUT2D eigenvalue weighted by Crippen LogP contribution is 2.08. The lowest BCUT2D eigenvalue weighted by Crippen LogP contribution is -2.37. The monoisotopic (exact) mass is 171 g/mol. The van der Waals surface area contributed by atoms with Crippen molar-refractivity contribution in [2.45, 2.75) is 18.9 Å². The number of aliphatic hydroxyl groups is 1. The van der Waals surface area contributed by atoms with E-state index in [1.807, 2.05) is 0 Å². The van der Waals surface area contributed by atoms with Gasteiger partial charge in [0.15, 0.2) is 5.60 Å². The largest absolute Gasteiger partial charge is 0.479 e. The van der Waals surface area contributed by atoms with Crippen LogP contribution in [-0.2, 0) is 11.2 Å². The summed E-state index contributed by atoms with van der Waals surface area (Å²) < 4.78 is 0. The van der Waals surface area contributed by atoms with Crippen LogP contribution in [0.2, 0.25) is 0 Å². The Hall–Kier alpha value is -1.43. The molecular weight excluding hydrogens is 162 g/mol. The number of nitrogens with zero attached hydrogens (tertiary/aromatic N) is 2. The third kappa shape index (κ3) is 1.79. The molecule has 0 radical (unpaired) electrons. The molecule has 0 saturated heterocycles. The molecule has 0 amide bonds. The zero-order chi connectivity index (χ0) is 9.19. The Morgan fingerprint density at radius 1 is 1.83 bits per heavy atom. The van der Waals surface area contributed by atoms with E-state index in [0.717, 1.165) is 0 Å². The molecule has 1 aromatic heterocycles. The van der Waals surface area contributed by atoms with Gasteiger partial charge in [0, 0.05) is 6.42 Å². The molecule has 3 N–H and O–H groups in total. The van der Waals surface area contributed by atoms with E-state index in [4.69, 9.17) is 5.11 Å². The van der Waals surface area contributed by atoms with Crippen molar-refractivity contribution in [3.63, 3.8) is 0 Å². The van der Waals surface area contributed by atoms with Crippen molar-refractivity contribution < 1.29 is 15.0 Å². The normalized spacial score (nSPS) is 15.5. The molecule has 1 rings (SSSR count). The molecule has 1 unspecified atom stereocenters. The second-order valence-corrected chi connectivity index (χ2v) is 2.69. The highest BCUT2D eigenvalue weighted by atomic mass is 16.4. The summed E-state index contributed by atoms with van der Waals surface area (Å²) in [6.07, 6.45) is 1.18. The van der Waals surface area contributed by atoms with Crippen LogP contribution in [0.15, 0.2) is 6.33 Å². The van der Waals surface area contributed by atoms with Gasteiger partial charge in [-0.15, -0.1) is 0 Å². The number of carboxylic acids is 1. The molecule has 1 heterocycles. The van der Waals surface area contributed by atoms with Crippen molar-refractivity contribution >= 4 is 5.97 Å². The predicted octanol–water partition coefficient (Wildman–Crippen LogP) is -0.817. The van der Waals surface area contributed by atoms with Gasteiger partial charge >= 0.3 is 5.97 Å². The standard InChI is InChI=1S/C6H9N3O3/c1-6(12,5(10)11)2-4-7-3-8-9-4/h3,12H,2H2,1H3,(H,10,11)(H,7,8,9). The first-order chi connectivity index (χ1) is 5.52. The van der Waals surface area contributed by atoms with E-state index in [-0.39, 0.29) is 6.42 Å². The molecule has 0 fully saturated rings. The van der Waals surface area contributed by atoms with Gasteiger partial charge < -0.3 is 10.2 Å². The Balaban J connectivity index is 2.69. The molecule has 0 aliphatic rings. The molecule has 0 spiro atoms. The number of H-pyrrole nitrogens is 1. The van der Waals surface area contributed by atoms with Crippen LogP contribution < -0.4 is 0 Å². The van der Waals surface area contributed by atoms with E-state index in [1.165, 1.54) is 13.3 Å². The van der Waals surface area contributed by atoms with Crippen LogP contribution in [0.3, 0.4) is 0 Å². The first kappa shape index (κ1) is 8.66. The molecule has 0 aliphatic heterocycles. The summed E-state index contributed by atoms with van der Waals surface area (Å²) >= 11 is 0. The second-order valence-electron chi connectivity index (χ2n) is 2.69. The number of aromatic amines is 1. The Labute approximate surface area is 68.3 Å². The van der Waals surface area contributed by atoms with Gasteiger partial charge in [-0.05, 0) is 6.92 Å². The summed E-state index contributed by atoms with van der Waals surface area (Å²) in [5, 5.41) is 23.8.